The number of ether oxygens (including phenoxy) is 3. The van der Waals surface area contributed by atoms with Crippen molar-refractivity contribution in [3.8, 4) is 0 Å². The molecule has 120 valence electrons. The van der Waals surface area contributed by atoms with Crippen molar-refractivity contribution in [1.82, 2.24) is 0 Å². The van der Waals surface area contributed by atoms with Gasteiger partial charge in [-0.05, 0) is 18.8 Å². The molecule has 5 nitrogen and oxygen atoms in total. The predicted molar refractivity (Wildman–Crippen MR) is 80.9 cm³/mol. The minimum absolute atomic E-state index is 0.108. The molecular weight excluding hydrogens is 284 g/mol. The molecule has 0 aliphatic heterocycles. The summed E-state index contributed by atoms with van der Waals surface area (Å²) in [5.74, 6) is -1.50. The summed E-state index contributed by atoms with van der Waals surface area (Å²) < 4.78 is 15.6. The molecular formula is C17H22O5. The van der Waals surface area contributed by atoms with Crippen LogP contribution in [0.1, 0.15) is 12.8 Å². The third-order valence-corrected chi connectivity index (χ3v) is 4.62. The van der Waals surface area contributed by atoms with Gasteiger partial charge in [0, 0.05) is 5.92 Å². The summed E-state index contributed by atoms with van der Waals surface area (Å²) in [5, 5.41) is 0. The highest BCUT2D eigenvalue weighted by Crippen LogP contribution is 2.55. The number of hydrogen-bond acceptors (Lipinski definition) is 5. The molecule has 0 N–H and O–H groups in total. The van der Waals surface area contributed by atoms with Gasteiger partial charge in [0.15, 0.2) is 5.41 Å². The number of carbonyl (C=O) groups excluding carboxylic acids is 2. The number of allylic oxidation sites excluding steroid dienone is 1. The SMILES string of the molecule is C=CCO[C@@H]1C=CC[C@@H]2[C@H]1C(=C)CC2(C(=O)OC)C(=O)OC. The second kappa shape index (κ2) is 6.48. The zero-order valence-corrected chi connectivity index (χ0v) is 13.0. The number of esters is 2. The molecule has 0 bridgehead atoms. The van der Waals surface area contributed by atoms with Gasteiger partial charge >= 0.3 is 11.9 Å². The van der Waals surface area contributed by atoms with E-state index in [1.165, 1.54) is 14.2 Å². The van der Waals surface area contributed by atoms with E-state index in [1.807, 2.05) is 12.2 Å². The molecule has 0 unspecified atom stereocenters. The van der Waals surface area contributed by atoms with Crippen LogP contribution in [-0.4, -0.2) is 38.9 Å². The van der Waals surface area contributed by atoms with E-state index in [2.05, 4.69) is 13.2 Å². The maximum atomic E-state index is 12.4. The van der Waals surface area contributed by atoms with Crippen LogP contribution in [0, 0.1) is 17.3 Å². The monoisotopic (exact) mass is 306 g/mol. The molecule has 0 heterocycles. The lowest BCUT2D eigenvalue weighted by Gasteiger charge is -2.36. The summed E-state index contributed by atoms with van der Waals surface area (Å²) in [6.07, 6.45) is 6.16. The van der Waals surface area contributed by atoms with Gasteiger partial charge in [0.05, 0.1) is 26.9 Å². The van der Waals surface area contributed by atoms with Crippen molar-refractivity contribution in [2.45, 2.75) is 18.9 Å². The van der Waals surface area contributed by atoms with E-state index in [-0.39, 0.29) is 24.4 Å². The van der Waals surface area contributed by atoms with E-state index in [1.54, 1.807) is 6.08 Å². The summed E-state index contributed by atoms with van der Waals surface area (Å²) in [4.78, 5) is 24.8. The Morgan fingerprint density at radius 2 is 2.00 bits per heavy atom. The van der Waals surface area contributed by atoms with Crippen molar-refractivity contribution in [1.29, 1.82) is 0 Å². The van der Waals surface area contributed by atoms with Gasteiger partial charge in [-0.15, -0.1) is 6.58 Å². The van der Waals surface area contributed by atoms with Crippen LogP contribution in [-0.2, 0) is 23.8 Å². The third kappa shape index (κ3) is 2.39. The van der Waals surface area contributed by atoms with Gasteiger partial charge in [-0.2, -0.15) is 0 Å². The van der Waals surface area contributed by atoms with Crippen LogP contribution in [0.15, 0.2) is 37.0 Å². The largest absolute Gasteiger partial charge is 0.468 e. The summed E-state index contributed by atoms with van der Waals surface area (Å²) in [6, 6.07) is 0. The van der Waals surface area contributed by atoms with Crippen LogP contribution in [0.2, 0.25) is 0 Å². The van der Waals surface area contributed by atoms with Crippen LogP contribution in [0.3, 0.4) is 0 Å². The Balaban J connectivity index is 2.42. The molecule has 22 heavy (non-hydrogen) atoms. The standard InChI is InChI=1S/C17H22O5/c1-5-9-22-13-8-6-7-12-14(13)11(2)10-17(12,15(18)20-3)16(19)21-4/h5-6,8,12-14H,1-2,7,9-10H2,3-4H3/t12-,13-,14-/m1/s1. The maximum Gasteiger partial charge on any atom is 0.323 e. The molecule has 0 radical (unpaired) electrons. The number of fused-ring (bicyclic) bond motifs is 1. The normalized spacial score (nSPS) is 28.8. The Morgan fingerprint density at radius 1 is 1.36 bits per heavy atom. The second-order valence-corrected chi connectivity index (χ2v) is 5.67. The molecule has 2 aliphatic carbocycles. The Hall–Kier alpha value is -1.88. The molecule has 0 aromatic heterocycles. The first-order valence-electron chi connectivity index (χ1n) is 7.26. The Morgan fingerprint density at radius 3 is 2.55 bits per heavy atom. The molecule has 2 rings (SSSR count). The van der Waals surface area contributed by atoms with E-state index in [9.17, 15) is 9.59 Å². The van der Waals surface area contributed by atoms with E-state index in [4.69, 9.17) is 14.2 Å². The van der Waals surface area contributed by atoms with Crippen molar-refractivity contribution in [2.24, 2.45) is 17.3 Å². The van der Waals surface area contributed by atoms with Crippen LogP contribution in [0.25, 0.3) is 0 Å². The van der Waals surface area contributed by atoms with Crippen LogP contribution in [0.5, 0.6) is 0 Å². The number of carbonyl (C=O) groups is 2. The van der Waals surface area contributed by atoms with Crippen LogP contribution in [0.4, 0.5) is 0 Å². The van der Waals surface area contributed by atoms with Gasteiger partial charge in [-0.1, -0.05) is 30.4 Å². The summed E-state index contributed by atoms with van der Waals surface area (Å²) in [6.45, 7) is 8.11. The smallest absolute Gasteiger partial charge is 0.323 e. The van der Waals surface area contributed by atoms with Crippen LogP contribution >= 0.6 is 0 Å². The van der Waals surface area contributed by atoms with Gasteiger partial charge in [-0.3, -0.25) is 9.59 Å². The topological polar surface area (TPSA) is 61.8 Å². The number of hydrogen-bond donors (Lipinski definition) is 0. The van der Waals surface area contributed by atoms with Gasteiger partial charge in [-0.25, -0.2) is 0 Å². The highest BCUT2D eigenvalue weighted by molar-refractivity contribution is 6.01. The van der Waals surface area contributed by atoms with E-state index < -0.39 is 17.4 Å². The van der Waals surface area contributed by atoms with Gasteiger partial charge < -0.3 is 14.2 Å². The minimum atomic E-state index is -1.33. The fourth-order valence-electron chi connectivity index (χ4n) is 3.72. The molecule has 0 aromatic rings. The van der Waals surface area contributed by atoms with Crippen molar-refractivity contribution in [2.75, 3.05) is 20.8 Å². The zero-order valence-electron chi connectivity index (χ0n) is 13.0. The molecule has 2 aliphatic rings. The molecule has 5 heteroatoms. The minimum Gasteiger partial charge on any atom is -0.468 e. The summed E-state index contributed by atoms with van der Waals surface area (Å²) in [5.41, 5.74) is -0.509. The lowest BCUT2D eigenvalue weighted by Crippen LogP contribution is -2.47. The molecule has 0 aromatic carbocycles. The Labute approximate surface area is 130 Å². The lowest BCUT2D eigenvalue weighted by atomic mass is 9.70. The molecule has 3 atom stereocenters. The molecule has 1 fully saturated rings. The third-order valence-electron chi connectivity index (χ3n) is 4.62. The van der Waals surface area contributed by atoms with E-state index in [0.717, 1.165) is 5.57 Å². The molecule has 0 spiro atoms. The Bertz CT molecular complexity index is 503. The first-order chi connectivity index (χ1) is 10.5. The van der Waals surface area contributed by atoms with Crippen molar-refractivity contribution >= 4 is 11.9 Å². The second-order valence-electron chi connectivity index (χ2n) is 5.67. The van der Waals surface area contributed by atoms with Crippen molar-refractivity contribution < 1.29 is 23.8 Å². The summed E-state index contributed by atoms with van der Waals surface area (Å²) >= 11 is 0. The first kappa shape index (κ1) is 16.5. The fourth-order valence-corrected chi connectivity index (χ4v) is 3.72. The van der Waals surface area contributed by atoms with Crippen molar-refractivity contribution in [3.05, 3.63) is 37.0 Å². The van der Waals surface area contributed by atoms with Gasteiger partial charge in [0.1, 0.15) is 0 Å². The van der Waals surface area contributed by atoms with Crippen LogP contribution < -0.4 is 0 Å². The van der Waals surface area contributed by atoms with E-state index in [0.29, 0.717) is 13.0 Å². The van der Waals surface area contributed by atoms with E-state index >= 15 is 0 Å². The molecule has 0 amide bonds. The number of methoxy groups -OCH3 is 2. The average molecular weight is 306 g/mol. The fraction of sp³-hybridized carbons (Fsp3) is 0.529. The summed E-state index contributed by atoms with van der Waals surface area (Å²) in [7, 11) is 2.57. The highest BCUT2D eigenvalue weighted by atomic mass is 16.5. The molecule has 1 saturated carbocycles. The first-order valence-corrected chi connectivity index (χ1v) is 7.26. The van der Waals surface area contributed by atoms with Gasteiger partial charge in [0.25, 0.3) is 0 Å². The Kier molecular flexibility index (Phi) is 4.86. The lowest BCUT2D eigenvalue weighted by molar-refractivity contribution is -0.173. The average Bonchev–Trinajstić information content (AvgIpc) is 2.86. The number of rotatable bonds is 5. The van der Waals surface area contributed by atoms with Gasteiger partial charge in [0.2, 0.25) is 0 Å². The quantitative estimate of drug-likeness (QED) is 0.442. The zero-order chi connectivity index (χ0) is 16.3. The molecule has 0 saturated heterocycles. The maximum absolute atomic E-state index is 12.4. The predicted octanol–water partition coefficient (Wildman–Crippen LogP) is 2.04. The highest BCUT2D eigenvalue weighted by Gasteiger charge is 2.63. The van der Waals surface area contributed by atoms with Crippen molar-refractivity contribution in [3.63, 3.8) is 0 Å².